The van der Waals surface area contributed by atoms with E-state index >= 15 is 0 Å². The van der Waals surface area contributed by atoms with Crippen LogP contribution >= 0.6 is 59.1 Å². The van der Waals surface area contributed by atoms with Crippen molar-refractivity contribution in [3.05, 3.63) is 53.3 Å². The van der Waals surface area contributed by atoms with E-state index in [0.717, 1.165) is 18.7 Å². The van der Waals surface area contributed by atoms with E-state index in [4.69, 9.17) is 0 Å². The van der Waals surface area contributed by atoms with Crippen LogP contribution in [0.5, 0.6) is 0 Å². The van der Waals surface area contributed by atoms with Gasteiger partial charge in [-0.3, -0.25) is 0 Å². The number of aliphatic hydroxyl groups is 1. The highest BCUT2D eigenvalue weighted by molar-refractivity contribution is 9.12. The standard InChI is InChI=1S/C12H8Br3FOS/c13-10-5-7(12(15)18-10)9(17)4-6-2-1-3-8(16)11(6)14/h1-3,5,9,17H,4H2. The summed E-state index contributed by atoms with van der Waals surface area (Å²) in [4.78, 5) is 0. The van der Waals surface area contributed by atoms with Crippen LogP contribution in [0.4, 0.5) is 4.39 Å². The summed E-state index contributed by atoms with van der Waals surface area (Å²) in [6, 6.07) is 6.69. The Balaban J connectivity index is 2.24. The zero-order valence-corrected chi connectivity index (χ0v) is 14.5. The van der Waals surface area contributed by atoms with E-state index in [9.17, 15) is 9.50 Å². The molecule has 96 valence electrons. The van der Waals surface area contributed by atoms with Crippen LogP contribution in [0.1, 0.15) is 17.2 Å². The molecule has 0 saturated heterocycles. The first-order valence-electron chi connectivity index (χ1n) is 5.04. The molecule has 18 heavy (non-hydrogen) atoms. The summed E-state index contributed by atoms with van der Waals surface area (Å²) in [6.07, 6.45) is -0.305. The molecule has 6 heteroatoms. The molecule has 0 fully saturated rings. The van der Waals surface area contributed by atoms with E-state index in [-0.39, 0.29) is 5.82 Å². The average molecular weight is 459 g/mol. The van der Waals surface area contributed by atoms with Crippen LogP contribution < -0.4 is 0 Å². The largest absolute Gasteiger partial charge is 0.388 e. The van der Waals surface area contributed by atoms with Crippen molar-refractivity contribution in [1.29, 1.82) is 0 Å². The van der Waals surface area contributed by atoms with E-state index in [1.54, 1.807) is 12.1 Å². The van der Waals surface area contributed by atoms with E-state index in [1.807, 2.05) is 6.07 Å². The Morgan fingerprint density at radius 3 is 2.61 bits per heavy atom. The summed E-state index contributed by atoms with van der Waals surface area (Å²) in [7, 11) is 0. The van der Waals surface area contributed by atoms with Crippen molar-refractivity contribution in [2.45, 2.75) is 12.5 Å². The van der Waals surface area contributed by atoms with Crippen molar-refractivity contribution >= 4 is 59.1 Å². The molecule has 1 nitrogen and oxygen atoms in total. The molecule has 0 aliphatic heterocycles. The summed E-state index contributed by atoms with van der Waals surface area (Å²) in [5.74, 6) is -0.315. The first-order chi connectivity index (χ1) is 8.49. The van der Waals surface area contributed by atoms with Gasteiger partial charge in [-0.15, -0.1) is 11.3 Å². The molecule has 2 aromatic rings. The normalized spacial score (nSPS) is 12.7. The second-order valence-corrected chi connectivity index (χ2v) is 8.25. The maximum atomic E-state index is 13.4. The molecular formula is C12H8Br3FOS. The molecule has 0 spiro atoms. The minimum atomic E-state index is -0.667. The van der Waals surface area contributed by atoms with Gasteiger partial charge in [0.1, 0.15) is 5.82 Å². The van der Waals surface area contributed by atoms with Crippen molar-refractivity contribution in [2.24, 2.45) is 0 Å². The van der Waals surface area contributed by atoms with E-state index < -0.39 is 6.10 Å². The summed E-state index contributed by atoms with van der Waals surface area (Å²) in [5.41, 5.74) is 1.56. The Labute approximate surface area is 133 Å². The van der Waals surface area contributed by atoms with Gasteiger partial charge in [-0.1, -0.05) is 12.1 Å². The molecule has 1 atom stereocenters. The molecule has 0 aliphatic rings. The molecule has 1 aromatic carbocycles. The van der Waals surface area contributed by atoms with Gasteiger partial charge in [-0.2, -0.15) is 0 Å². The van der Waals surface area contributed by atoms with Gasteiger partial charge in [-0.25, -0.2) is 4.39 Å². The summed E-state index contributed by atoms with van der Waals surface area (Å²) < 4.78 is 15.6. The third-order valence-corrected chi connectivity index (χ3v) is 5.76. The molecule has 0 aliphatic carbocycles. The highest BCUT2D eigenvalue weighted by Crippen LogP contribution is 2.37. The van der Waals surface area contributed by atoms with E-state index in [1.165, 1.54) is 17.4 Å². The zero-order valence-electron chi connectivity index (χ0n) is 8.96. The van der Waals surface area contributed by atoms with Crippen molar-refractivity contribution < 1.29 is 9.50 Å². The minimum Gasteiger partial charge on any atom is -0.388 e. The highest BCUT2D eigenvalue weighted by atomic mass is 79.9. The lowest BCUT2D eigenvalue weighted by molar-refractivity contribution is 0.178. The maximum absolute atomic E-state index is 13.4. The van der Waals surface area contributed by atoms with Crippen LogP contribution in [-0.4, -0.2) is 5.11 Å². The topological polar surface area (TPSA) is 20.2 Å². The van der Waals surface area contributed by atoms with Crippen molar-refractivity contribution in [3.8, 4) is 0 Å². The summed E-state index contributed by atoms with van der Waals surface area (Å²) >= 11 is 11.5. The van der Waals surface area contributed by atoms with E-state index in [2.05, 4.69) is 47.8 Å². The molecular weight excluding hydrogens is 451 g/mol. The molecule has 1 aromatic heterocycles. The smallest absolute Gasteiger partial charge is 0.137 e. The number of benzene rings is 1. The van der Waals surface area contributed by atoms with Crippen LogP contribution in [0, 0.1) is 5.82 Å². The van der Waals surface area contributed by atoms with Crippen LogP contribution in [-0.2, 0) is 6.42 Å². The van der Waals surface area contributed by atoms with Crippen molar-refractivity contribution in [2.75, 3.05) is 0 Å². The average Bonchev–Trinajstić information content (AvgIpc) is 2.64. The molecule has 0 amide bonds. The Hall–Kier alpha value is 0.250. The van der Waals surface area contributed by atoms with Gasteiger partial charge in [0.05, 0.1) is 18.1 Å². The third kappa shape index (κ3) is 3.22. The van der Waals surface area contributed by atoms with Crippen LogP contribution in [0.15, 0.2) is 36.3 Å². The number of hydrogen-bond donors (Lipinski definition) is 1. The van der Waals surface area contributed by atoms with Crippen LogP contribution in [0.2, 0.25) is 0 Å². The SMILES string of the molecule is OC(Cc1cccc(F)c1Br)c1cc(Br)sc1Br. The fraction of sp³-hybridized carbons (Fsp3) is 0.167. The number of aliphatic hydroxyl groups excluding tert-OH is 1. The Bertz CT molecular complexity index is 570. The zero-order chi connectivity index (χ0) is 13.3. The molecule has 0 saturated carbocycles. The number of halogens is 4. The first kappa shape index (κ1) is 14.7. The molecule has 1 heterocycles. The molecule has 1 N–H and O–H groups in total. The van der Waals surface area contributed by atoms with Crippen LogP contribution in [0.3, 0.4) is 0 Å². The molecule has 1 unspecified atom stereocenters. The van der Waals surface area contributed by atoms with Crippen molar-refractivity contribution in [1.82, 2.24) is 0 Å². The first-order valence-corrected chi connectivity index (χ1v) is 8.24. The summed E-state index contributed by atoms with van der Waals surface area (Å²) in [5, 5.41) is 10.2. The number of hydrogen-bond acceptors (Lipinski definition) is 2. The lowest BCUT2D eigenvalue weighted by Crippen LogP contribution is -2.02. The Kier molecular flexibility index (Phi) is 4.99. The number of thiophene rings is 1. The van der Waals surface area contributed by atoms with Crippen LogP contribution in [0.25, 0.3) is 0 Å². The van der Waals surface area contributed by atoms with E-state index in [0.29, 0.717) is 10.9 Å². The predicted molar refractivity (Wildman–Crippen MR) is 82.5 cm³/mol. The fourth-order valence-electron chi connectivity index (χ4n) is 1.60. The van der Waals surface area contributed by atoms with Gasteiger partial charge >= 0.3 is 0 Å². The second-order valence-electron chi connectivity index (χ2n) is 3.71. The predicted octanol–water partition coefficient (Wildman–Crippen LogP) is 5.45. The molecule has 0 bridgehead atoms. The Morgan fingerprint density at radius 2 is 2.00 bits per heavy atom. The quantitative estimate of drug-likeness (QED) is 0.648. The monoisotopic (exact) mass is 456 g/mol. The lowest BCUT2D eigenvalue weighted by Gasteiger charge is -2.11. The van der Waals surface area contributed by atoms with Gasteiger partial charge in [0.2, 0.25) is 0 Å². The van der Waals surface area contributed by atoms with Crippen molar-refractivity contribution in [3.63, 3.8) is 0 Å². The second kappa shape index (κ2) is 6.13. The highest BCUT2D eigenvalue weighted by Gasteiger charge is 2.17. The molecule has 0 radical (unpaired) electrons. The fourth-order valence-corrected chi connectivity index (χ4v) is 4.99. The molecule has 2 rings (SSSR count). The Morgan fingerprint density at radius 1 is 1.28 bits per heavy atom. The third-order valence-electron chi connectivity index (χ3n) is 2.49. The van der Waals surface area contributed by atoms with Gasteiger partial charge in [0.15, 0.2) is 0 Å². The van der Waals surface area contributed by atoms with Gasteiger partial charge in [0, 0.05) is 12.0 Å². The van der Waals surface area contributed by atoms with Gasteiger partial charge in [0.25, 0.3) is 0 Å². The number of rotatable bonds is 3. The lowest BCUT2D eigenvalue weighted by atomic mass is 10.0. The van der Waals surface area contributed by atoms with Gasteiger partial charge in [-0.05, 0) is 65.5 Å². The van der Waals surface area contributed by atoms with Gasteiger partial charge < -0.3 is 5.11 Å². The minimum absolute atomic E-state index is 0.315. The summed E-state index contributed by atoms with van der Waals surface area (Å²) in [6.45, 7) is 0. The maximum Gasteiger partial charge on any atom is 0.137 e.